The summed E-state index contributed by atoms with van der Waals surface area (Å²) in [6.07, 6.45) is 0. The summed E-state index contributed by atoms with van der Waals surface area (Å²) >= 11 is 0. The molecule has 0 bridgehead atoms. The maximum Gasteiger partial charge on any atom is 1.00 e. The molecular formula is C18H26N2Na4O12. The van der Waals surface area contributed by atoms with Gasteiger partial charge in [-0.25, -0.2) is 0 Å². The van der Waals surface area contributed by atoms with Crippen molar-refractivity contribution in [3.05, 3.63) is 0 Å². The molecule has 0 aromatic rings. The summed E-state index contributed by atoms with van der Waals surface area (Å²) in [6, 6.07) is -3.93. The van der Waals surface area contributed by atoms with Crippen LogP contribution in [0.15, 0.2) is 0 Å². The SMILES string of the molecule is O=C([O-])C(C(=O)[O-])N1CCOCCOCCN(C(C(=O)[O-])C(=O)[O-])CCOCCOCC1.[Na+].[Na+].[Na+].[Na+]. The molecule has 0 unspecified atom stereocenters. The van der Waals surface area contributed by atoms with E-state index in [0.29, 0.717) is 0 Å². The molecular weight excluding hydrogens is 528 g/mol. The largest absolute Gasteiger partial charge is 1.00 e. The van der Waals surface area contributed by atoms with E-state index in [1.165, 1.54) is 0 Å². The van der Waals surface area contributed by atoms with E-state index in [1.807, 2.05) is 0 Å². The van der Waals surface area contributed by atoms with E-state index in [1.54, 1.807) is 0 Å². The zero-order valence-electron chi connectivity index (χ0n) is 21.4. The molecule has 0 aromatic carbocycles. The Kier molecular flexibility index (Phi) is 33.3. The van der Waals surface area contributed by atoms with Crippen LogP contribution in [0.5, 0.6) is 0 Å². The molecule has 0 N–H and O–H groups in total. The summed E-state index contributed by atoms with van der Waals surface area (Å²) in [5.74, 6) is -7.24. The topological polar surface area (TPSA) is 204 Å². The Hall–Kier alpha value is 1.64. The first-order valence-electron chi connectivity index (χ1n) is 9.88. The average Bonchev–Trinajstić information content (AvgIpc) is 2.69. The van der Waals surface area contributed by atoms with Crippen molar-refractivity contribution in [2.75, 3.05) is 79.0 Å². The van der Waals surface area contributed by atoms with Crippen LogP contribution >= 0.6 is 0 Å². The summed E-state index contributed by atoms with van der Waals surface area (Å²) < 4.78 is 21.2. The Labute approximate surface area is 297 Å². The monoisotopic (exact) mass is 554 g/mol. The normalized spacial score (nSPS) is 17.6. The second-order valence-corrected chi connectivity index (χ2v) is 6.60. The molecule has 1 saturated heterocycles. The number of carboxylic acids is 4. The van der Waals surface area contributed by atoms with Crippen LogP contribution in [0.2, 0.25) is 0 Å². The molecule has 1 rings (SSSR count). The van der Waals surface area contributed by atoms with E-state index < -0.39 is 36.0 Å². The van der Waals surface area contributed by atoms with Crippen LogP contribution in [0.1, 0.15) is 0 Å². The van der Waals surface area contributed by atoms with E-state index in [-0.39, 0.29) is 197 Å². The molecule has 0 aliphatic carbocycles. The van der Waals surface area contributed by atoms with Crippen LogP contribution in [-0.4, -0.2) is 125 Å². The third kappa shape index (κ3) is 18.8. The number of aliphatic carboxylic acids is 4. The zero-order chi connectivity index (χ0) is 23.9. The van der Waals surface area contributed by atoms with Crippen LogP contribution in [0.25, 0.3) is 0 Å². The van der Waals surface area contributed by atoms with Crippen LogP contribution < -0.4 is 139 Å². The molecule has 0 spiro atoms. The summed E-state index contributed by atoms with van der Waals surface area (Å²) in [6.45, 7) is -0.0340. The Bertz CT molecular complexity index is 535. The van der Waals surface area contributed by atoms with Gasteiger partial charge in [-0.15, -0.1) is 0 Å². The first-order valence-corrected chi connectivity index (χ1v) is 9.88. The van der Waals surface area contributed by atoms with Gasteiger partial charge in [0.1, 0.15) is 0 Å². The van der Waals surface area contributed by atoms with E-state index in [4.69, 9.17) is 18.9 Å². The van der Waals surface area contributed by atoms with Crippen molar-refractivity contribution < 1.29 is 177 Å². The Morgan fingerprint density at radius 2 is 0.639 bits per heavy atom. The molecule has 1 heterocycles. The second kappa shape index (κ2) is 26.8. The van der Waals surface area contributed by atoms with Crippen molar-refractivity contribution in [2.24, 2.45) is 0 Å². The molecule has 0 radical (unpaired) electrons. The Balaban J connectivity index is -0.00000128. The van der Waals surface area contributed by atoms with Crippen molar-refractivity contribution in [3.8, 4) is 0 Å². The van der Waals surface area contributed by atoms with Crippen molar-refractivity contribution in [1.82, 2.24) is 9.80 Å². The quantitative estimate of drug-likeness (QED) is 0.221. The minimum atomic E-state index is -1.97. The zero-order valence-corrected chi connectivity index (χ0v) is 29.4. The molecule has 1 aliphatic heterocycles. The van der Waals surface area contributed by atoms with Crippen molar-refractivity contribution in [2.45, 2.75) is 12.1 Å². The van der Waals surface area contributed by atoms with Crippen LogP contribution in [0.3, 0.4) is 0 Å². The number of carboxylic acid groups (broad SMARTS) is 4. The van der Waals surface area contributed by atoms with Gasteiger partial charge < -0.3 is 58.6 Å². The fourth-order valence-electron chi connectivity index (χ4n) is 2.90. The Morgan fingerprint density at radius 1 is 0.444 bits per heavy atom. The van der Waals surface area contributed by atoms with Gasteiger partial charge in [-0.1, -0.05) is 0 Å². The van der Waals surface area contributed by atoms with Gasteiger partial charge in [0.05, 0.1) is 88.8 Å². The van der Waals surface area contributed by atoms with Gasteiger partial charge in [0.2, 0.25) is 0 Å². The van der Waals surface area contributed by atoms with E-state index in [0.717, 1.165) is 9.80 Å². The van der Waals surface area contributed by atoms with Gasteiger partial charge in [-0.05, 0) is 0 Å². The van der Waals surface area contributed by atoms with Crippen molar-refractivity contribution >= 4 is 23.9 Å². The van der Waals surface area contributed by atoms with Gasteiger partial charge in [0.15, 0.2) is 0 Å². The minimum absolute atomic E-state index is 0. The number of rotatable bonds is 6. The predicted octanol–water partition coefficient (Wildman–Crippen LogP) is -19.6. The molecule has 36 heavy (non-hydrogen) atoms. The number of hydrogen-bond acceptors (Lipinski definition) is 14. The smallest absolute Gasteiger partial charge is 0.548 e. The molecule has 1 aliphatic rings. The molecule has 18 heteroatoms. The van der Waals surface area contributed by atoms with E-state index >= 15 is 0 Å². The number of hydrogen-bond donors (Lipinski definition) is 0. The predicted molar refractivity (Wildman–Crippen MR) is 94.0 cm³/mol. The van der Waals surface area contributed by atoms with E-state index in [9.17, 15) is 39.6 Å². The van der Waals surface area contributed by atoms with Crippen LogP contribution in [0, 0.1) is 0 Å². The van der Waals surface area contributed by atoms with Gasteiger partial charge in [0.25, 0.3) is 0 Å². The van der Waals surface area contributed by atoms with Gasteiger partial charge >= 0.3 is 118 Å². The van der Waals surface area contributed by atoms with Gasteiger partial charge in [-0.3, -0.25) is 9.80 Å². The van der Waals surface area contributed by atoms with Crippen molar-refractivity contribution in [1.29, 1.82) is 0 Å². The number of ether oxygens (including phenoxy) is 4. The van der Waals surface area contributed by atoms with Gasteiger partial charge in [-0.2, -0.15) is 0 Å². The molecule has 14 nitrogen and oxygen atoms in total. The fourth-order valence-corrected chi connectivity index (χ4v) is 2.90. The van der Waals surface area contributed by atoms with Crippen LogP contribution in [-0.2, 0) is 38.1 Å². The third-order valence-corrected chi connectivity index (χ3v) is 4.46. The van der Waals surface area contributed by atoms with Gasteiger partial charge in [0, 0.05) is 26.2 Å². The van der Waals surface area contributed by atoms with Crippen molar-refractivity contribution in [3.63, 3.8) is 0 Å². The van der Waals surface area contributed by atoms with Crippen LogP contribution in [0.4, 0.5) is 0 Å². The standard InChI is InChI=1S/C18H30N2O12.4Na/c21-15(22)13(16(23)24)19-1-5-29-9-10-31-7-3-20(14(17(25)26)18(27)28)4-8-32-12-11-30-6-2-19;;;;/h13-14H,1-12H2,(H,21,22)(H,23,24)(H,25,26)(H,27,28);;;;/q;4*+1/p-4. The second-order valence-electron chi connectivity index (χ2n) is 6.60. The Morgan fingerprint density at radius 3 is 0.806 bits per heavy atom. The minimum Gasteiger partial charge on any atom is -0.548 e. The van der Waals surface area contributed by atoms with E-state index in [2.05, 4.69) is 0 Å². The molecule has 0 atom stereocenters. The summed E-state index contributed by atoms with van der Waals surface area (Å²) in [4.78, 5) is 46.8. The summed E-state index contributed by atoms with van der Waals surface area (Å²) in [5.41, 5.74) is 0. The molecule has 0 saturated carbocycles. The maximum absolute atomic E-state index is 11.1. The summed E-state index contributed by atoms with van der Waals surface area (Å²) in [7, 11) is 0. The molecule has 0 amide bonds. The molecule has 184 valence electrons. The first-order chi connectivity index (χ1) is 15.3. The number of nitrogens with zero attached hydrogens (tertiary/aromatic N) is 2. The molecule has 1 fully saturated rings. The first kappa shape index (κ1) is 44.7. The average molecular weight is 554 g/mol. The molecule has 0 aromatic heterocycles. The number of carbonyl (C=O) groups excluding carboxylic acids is 4. The fraction of sp³-hybridized carbons (Fsp3) is 0.778. The number of carbonyl (C=O) groups is 4. The maximum atomic E-state index is 11.1. The third-order valence-electron chi connectivity index (χ3n) is 4.46. The summed E-state index contributed by atoms with van der Waals surface area (Å²) in [5, 5.41) is 44.6.